The van der Waals surface area contributed by atoms with E-state index in [-0.39, 0.29) is 5.91 Å². The van der Waals surface area contributed by atoms with E-state index < -0.39 is 0 Å². The van der Waals surface area contributed by atoms with E-state index in [1.165, 1.54) is 11.3 Å². The summed E-state index contributed by atoms with van der Waals surface area (Å²) < 4.78 is 0. The monoisotopic (exact) mass is 420 g/mol. The van der Waals surface area contributed by atoms with Gasteiger partial charge in [0.2, 0.25) is 11.0 Å². The van der Waals surface area contributed by atoms with Crippen LogP contribution in [0.15, 0.2) is 35.2 Å². The number of amides is 1. The van der Waals surface area contributed by atoms with Crippen LogP contribution in [0.1, 0.15) is 0 Å². The Hall–Kier alpha value is -2.07. The van der Waals surface area contributed by atoms with Gasteiger partial charge in [-0.3, -0.25) is 15.0 Å². The molecule has 1 aliphatic heterocycles. The molecule has 4 rings (SSSR count). The second kappa shape index (κ2) is 8.30. The van der Waals surface area contributed by atoms with Crippen LogP contribution in [0.4, 0.5) is 10.3 Å². The topological polar surface area (TPSA) is 74.2 Å². The Morgan fingerprint density at radius 3 is 2.74 bits per heavy atom. The van der Waals surface area contributed by atoms with Crippen molar-refractivity contribution in [1.29, 1.82) is 0 Å². The van der Waals surface area contributed by atoms with Gasteiger partial charge in [0.05, 0.1) is 12.2 Å². The molecule has 0 saturated carbocycles. The number of nitrogens with one attached hydrogen (secondary N) is 1. The van der Waals surface area contributed by atoms with Gasteiger partial charge in [-0.05, 0) is 6.07 Å². The fraction of sp³-hybridized carbons (Fsp3) is 0.294. The molecule has 7 nitrogen and oxygen atoms in total. The SMILES string of the molecule is O=C(CN1CCN(c2nc(-c3ccccc3Cl)cs2)CC1)Nc1nncs1. The number of nitrogens with zero attached hydrogens (tertiary/aromatic N) is 5. The van der Waals surface area contributed by atoms with Gasteiger partial charge in [-0.15, -0.1) is 21.5 Å². The van der Waals surface area contributed by atoms with Crippen LogP contribution in [0.2, 0.25) is 5.02 Å². The number of aromatic nitrogens is 3. The van der Waals surface area contributed by atoms with E-state index in [0.29, 0.717) is 16.7 Å². The highest BCUT2D eigenvalue weighted by Crippen LogP contribution is 2.32. The predicted octanol–water partition coefficient (Wildman–Crippen LogP) is 3.08. The Bertz CT molecular complexity index is 908. The average molecular weight is 421 g/mol. The van der Waals surface area contributed by atoms with Crippen LogP contribution in [0.5, 0.6) is 0 Å². The zero-order chi connectivity index (χ0) is 18.6. The van der Waals surface area contributed by atoms with Crippen molar-refractivity contribution in [1.82, 2.24) is 20.1 Å². The van der Waals surface area contributed by atoms with Crippen molar-refractivity contribution in [2.45, 2.75) is 0 Å². The van der Waals surface area contributed by atoms with Crippen molar-refractivity contribution in [2.24, 2.45) is 0 Å². The average Bonchev–Trinajstić information content (AvgIpc) is 3.35. The number of benzene rings is 1. The summed E-state index contributed by atoms with van der Waals surface area (Å²) in [6.07, 6.45) is 0. The third kappa shape index (κ3) is 4.44. The molecule has 3 heterocycles. The third-order valence-electron chi connectivity index (χ3n) is 4.26. The van der Waals surface area contributed by atoms with Crippen LogP contribution in [0.3, 0.4) is 0 Å². The lowest BCUT2D eigenvalue weighted by Gasteiger charge is -2.34. The first-order valence-corrected chi connectivity index (χ1v) is 10.6. The van der Waals surface area contributed by atoms with Gasteiger partial charge in [-0.1, -0.05) is 41.1 Å². The number of rotatable bonds is 5. The van der Waals surface area contributed by atoms with E-state index in [2.05, 4.69) is 25.3 Å². The van der Waals surface area contributed by atoms with E-state index in [0.717, 1.165) is 42.6 Å². The first-order chi connectivity index (χ1) is 13.2. The predicted molar refractivity (Wildman–Crippen MR) is 110 cm³/mol. The first kappa shape index (κ1) is 18.3. The number of thiazole rings is 1. The number of hydrogen-bond donors (Lipinski definition) is 1. The van der Waals surface area contributed by atoms with Crippen LogP contribution in [0, 0.1) is 0 Å². The maximum atomic E-state index is 12.1. The third-order valence-corrected chi connectivity index (χ3v) is 6.10. The van der Waals surface area contributed by atoms with E-state index in [1.807, 2.05) is 29.6 Å². The molecule has 1 fully saturated rings. The van der Waals surface area contributed by atoms with Gasteiger partial charge in [-0.2, -0.15) is 0 Å². The molecule has 3 aromatic rings. The zero-order valence-electron chi connectivity index (χ0n) is 14.3. The summed E-state index contributed by atoms with van der Waals surface area (Å²) in [7, 11) is 0. The van der Waals surface area contributed by atoms with Crippen molar-refractivity contribution in [3.05, 3.63) is 40.2 Å². The summed E-state index contributed by atoms with van der Waals surface area (Å²) >= 11 is 9.21. The van der Waals surface area contributed by atoms with Crippen molar-refractivity contribution in [2.75, 3.05) is 42.9 Å². The molecule has 27 heavy (non-hydrogen) atoms. The maximum Gasteiger partial charge on any atom is 0.240 e. The molecule has 140 valence electrons. The van der Waals surface area contributed by atoms with Crippen molar-refractivity contribution >= 4 is 50.4 Å². The molecule has 1 aromatic carbocycles. The maximum absolute atomic E-state index is 12.1. The molecule has 10 heteroatoms. The van der Waals surface area contributed by atoms with Gasteiger partial charge < -0.3 is 4.90 Å². The molecule has 0 aliphatic carbocycles. The Balaban J connectivity index is 1.32. The second-order valence-electron chi connectivity index (χ2n) is 6.05. The summed E-state index contributed by atoms with van der Waals surface area (Å²) in [5, 5.41) is 14.6. The van der Waals surface area contributed by atoms with Gasteiger partial charge in [-0.25, -0.2) is 4.98 Å². The molecular formula is C17H17ClN6OS2. The quantitative estimate of drug-likeness (QED) is 0.683. The highest BCUT2D eigenvalue weighted by atomic mass is 35.5. The lowest BCUT2D eigenvalue weighted by molar-refractivity contribution is -0.117. The fourth-order valence-corrected chi connectivity index (χ4v) is 4.46. The highest BCUT2D eigenvalue weighted by Gasteiger charge is 2.21. The number of hydrogen-bond acceptors (Lipinski definition) is 8. The molecular weight excluding hydrogens is 404 g/mol. The van der Waals surface area contributed by atoms with Crippen LogP contribution in [-0.4, -0.2) is 58.7 Å². The molecule has 0 atom stereocenters. The first-order valence-electron chi connectivity index (χ1n) is 8.43. The van der Waals surface area contributed by atoms with Crippen molar-refractivity contribution < 1.29 is 4.79 Å². The number of carbonyl (C=O) groups is 1. The largest absolute Gasteiger partial charge is 0.346 e. The van der Waals surface area contributed by atoms with Crippen molar-refractivity contribution in [3.8, 4) is 11.3 Å². The minimum Gasteiger partial charge on any atom is -0.346 e. The molecule has 0 unspecified atom stereocenters. The normalized spacial score (nSPS) is 15.1. The van der Waals surface area contributed by atoms with Gasteiger partial charge >= 0.3 is 0 Å². The smallest absolute Gasteiger partial charge is 0.240 e. The lowest BCUT2D eigenvalue weighted by Crippen LogP contribution is -2.48. The number of piperazine rings is 1. The molecule has 2 aromatic heterocycles. The molecule has 1 N–H and O–H groups in total. The van der Waals surface area contributed by atoms with Gasteiger partial charge in [0.15, 0.2) is 5.13 Å². The van der Waals surface area contributed by atoms with Gasteiger partial charge in [0.25, 0.3) is 0 Å². The van der Waals surface area contributed by atoms with E-state index in [1.54, 1.807) is 16.8 Å². The van der Waals surface area contributed by atoms with E-state index in [9.17, 15) is 4.79 Å². The molecule has 0 radical (unpaired) electrons. The molecule has 1 amide bonds. The molecule has 0 spiro atoms. The Labute approximate surface area is 169 Å². The summed E-state index contributed by atoms with van der Waals surface area (Å²) in [5.74, 6) is -0.0598. The summed E-state index contributed by atoms with van der Waals surface area (Å²) in [5.41, 5.74) is 3.45. The fourth-order valence-electron chi connectivity index (χ4n) is 2.89. The Morgan fingerprint density at radius 2 is 2.00 bits per heavy atom. The Morgan fingerprint density at radius 1 is 1.19 bits per heavy atom. The highest BCUT2D eigenvalue weighted by molar-refractivity contribution is 7.14. The van der Waals surface area contributed by atoms with Crippen LogP contribution in [-0.2, 0) is 4.79 Å². The molecule has 1 aliphatic rings. The van der Waals surface area contributed by atoms with E-state index >= 15 is 0 Å². The lowest BCUT2D eigenvalue weighted by atomic mass is 10.2. The second-order valence-corrected chi connectivity index (χ2v) is 8.13. The number of carbonyl (C=O) groups excluding carboxylic acids is 1. The van der Waals surface area contributed by atoms with Gasteiger partial charge in [0.1, 0.15) is 5.51 Å². The molecule has 1 saturated heterocycles. The standard InChI is InChI=1S/C17H17ClN6OS2/c18-13-4-2-1-3-12(13)14-10-26-17(20-14)24-7-5-23(6-8-24)9-15(25)21-16-22-19-11-27-16/h1-4,10-11H,5-9H2,(H,21,22,25). The van der Waals surface area contributed by atoms with Crippen LogP contribution in [0.25, 0.3) is 11.3 Å². The van der Waals surface area contributed by atoms with E-state index in [4.69, 9.17) is 16.6 Å². The number of halogens is 1. The summed E-state index contributed by atoms with van der Waals surface area (Å²) in [6.45, 7) is 3.65. The van der Waals surface area contributed by atoms with Crippen LogP contribution >= 0.6 is 34.3 Å². The van der Waals surface area contributed by atoms with Crippen molar-refractivity contribution in [3.63, 3.8) is 0 Å². The van der Waals surface area contributed by atoms with Crippen LogP contribution < -0.4 is 10.2 Å². The number of anilines is 2. The summed E-state index contributed by atoms with van der Waals surface area (Å²) in [4.78, 5) is 21.2. The molecule has 0 bridgehead atoms. The zero-order valence-corrected chi connectivity index (χ0v) is 16.7. The summed E-state index contributed by atoms with van der Waals surface area (Å²) in [6, 6.07) is 7.74. The van der Waals surface area contributed by atoms with Gasteiger partial charge in [0, 0.05) is 42.1 Å². The Kier molecular flexibility index (Phi) is 5.63. The minimum atomic E-state index is -0.0598. The minimum absolute atomic E-state index is 0.0598.